The van der Waals surface area contributed by atoms with E-state index < -0.39 is 5.91 Å². The minimum atomic E-state index is -0.558. The van der Waals surface area contributed by atoms with Crippen LogP contribution in [0.1, 0.15) is 62.0 Å². The van der Waals surface area contributed by atoms with Crippen molar-refractivity contribution in [3.05, 3.63) is 81.0 Å². The van der Waals surface area contributed by atoms with Gasteiger partial charge in [-0.25, -0.2) is 5.48 Å². The van der Waals surface area contributed by atoms with Gasteiger partial charge in [-0.15, -0.1) is 0 Å². The summed E-state index contributed by atoms with van der Waals surface area (Å²) in [5.74, 6) is -0.558. The van der Waals surface area contributed by atoms with Crippen molar-refractivity contribution in [1.82, 2.24) is 15.4 Å². The molecule has 0 bridgehead atoms. The van der Waals surface area contributed by atoms with E-state index >= 15 is 0 Å². The number of nitro groups is 1. The lowest BCUT2D eigenvalue weighted by Crippen LogP contribution is -2.26. The molecule has 0 saturated carbocycles. The molecule has 0 radical (unpaired) electrons. The Morgan fingerprint density at radius 3 is 2.66 bits per heavy atom. The molecular weight excluding hydrogens is 444 g/mol. The first-order chi connectivity index (χ1) is 16.7. The molecule has 8 nitrogen and oxygen atoms in total. The monoisotopic (exact) mass is 476 g/mol. The van der Waals surface area contributed by atoms with Crippen molar-refractivity contribution < 1.29 is 14.9 Å². The maximum Gasteiger partial charge on any atom is 0.271 e. The van der Waals surface area contributed by atoms with Crippen LogP contribution in [-0.4, -0.2) is 39.0 Å². The Bertz CT molecular complexity index is 1250. The van der Waals surface area contributed by atoms with Gasteiger partial charge in [0.15, 0.2) is 0 Å². The first kappa shape index (κ1) is 24.6. The number of aromatic amines is 1. The van der Waals surface area contributed by atoms with Crippen molar-refractivity contribution in [1.29, 1.82) is 0 Å². The van der Waals surface area contributed by atoms with Crippen LogP contribution in [0.5, 0.6) is 0 Å². The molecule has 1 fully saturated rings. The summed E-state index contributed by atoms with van der Waals surface area (Å²) >= 11 is 0. The zero-order valence-electron chi connectivity index (χ0n) is 20.4. The van der Waals surface area contributed by atoms with E-state index in [1.54, 1.807) is 23.7 Å². The van der Waals surface area contributed by atoms with E-state index in [-0.39, 0.29) is 16.0 Å². The number of amides is 1. The number of non-ortho nitro benzene ring substituents is 1. The number of hydrogen-bond donors (Lipinski definition) is 3. The molecule has 3 N–H and O–H groups in total. The van der Waals surface area contributed by atoms with Crippen molar-refractivity contribution in [2.45, 2.75) is 51.5 Å². The normalized spacial score (nSPS) is 16.9. The van der Waals surface area contributed by atoms with Gasteiger partial charge in [-0.05, 0) is 54.6 Å². The molecule has 1 atom stereocenters. The fourth-order valence-electron chi connectivity index (χ4n) is 5.02. The van der Waals surface area contributed by atoms with Gasteiger partial charge in [0, 0.05) is 47.3 Å². The molecule has 8 heteroatoms. The van der Waals surface area contributed by atoms with Crippen LogP contribution < -0.4 is 5.48 Å². The molecule has 2 heterocycles. The minimum Gasteiger partial charge on any atom is -0.358 e. The second-order valence-electron chi connectivity index (χ2n) is 10.1. The van der Waals surface area contributed by atoms with E-state index in [0.717, 1.165) is 54.5 Å². The number of nitro benzene ring substituents is 1. The minimum absolute atomic E-state index is 0.0978. The number of carbonyl (C=O) groups is 1. The van der Waals surface area contributed by atoms with Gasteiger partial charge >= 0.3 is 0 Å². The summed E-state index contributed by atoms with van der Waals surface area (Å²) in [7, 11) is 0. The Hall–Kier alpha value is -3.49. The molecule has 0 aliphatic carbocycles. The van der Waals surface area contributed by atoms with Crippen LogP contribution in [0.15, 0.2) is 48.5 Å². The first-order valence-electron chi connectivity index (χ1n) is 11.9. The number of nitrogens with zero attached hydrogens (tertiary/aromatic N) is 2. The Balaban J connectivity index is 1.54. The van der Waals surface area contributed by atoms with Gasteiger partial charge < -0.3 is 4.98 Å². The van der Waals surface area contributed by atoms with E-state index in [4.69, 9.17) is 5.21 Å². The second-order valence-corrected chi connectivity index (χ2v) is 10.1. The summed E-state index contributed by atoms with van der Waals surface area (Å²) in [6, 6.07) is 13.6. The van der Waals surface area contributed by atoms with Crippen LogP contribution >= 0.6 is 0 Å². The Morgan fingerprint density at radius 1 is 1.26 bits per heavy atom. The Morgan fingerprint density at radius 2 is 2.00 bits per heavy atom. The number of hydrogen-bond acceptors (Lipinski definition) is 5. The van der Waals surface area contributed by atoms with E-state index in [1.165, 1.54) is 17.2 Å². The molecule has 1 aliphatic heterocycles. The molecule has 35 heavy (non-hydrogen) atoms. The van der Waals surface area contributed by atoms with E-state index in [9.17, 15) is 14.9 Å². The highest BCUT2D eigenvalue weighted by molar-refractivity contribution is 5.90. The van der Waals surface area contributed by atoms with Crippen molar-refractivity contribution in [3.8, 4) is 0 Å². The SMILES string of the molecule is CC(C)(C)c1[nH]c2cc([N+](=O)[O-])ccc2c1CCN1CCC[C@H]1c1ccc(C=CC(=O)NO)cc1. The molecule has 184 valence electrons. The molecule has 0 unspecified atom stereocenters. The molecule has 1 amide bonds. The average molecular weight is 477 g/mol. The van der Waals surface area contributed by atoms with Crippen LogP contribution in [0.2, 0.25) is 0 Å². The standard InChI is InChI=1S/C27H32N4O4/c1-27(2,3)26-22(21-12-11-20(31(34)35)17-23(21)28-26)14-16-30-15-4-5-24(30)19-9-6-18(7-10-19)8-13-25(32)29-33/h6-13,17,24,28,33H,4-5,14-16H2,1-3H3,(H,29,32)/t24-/m0/s1. The fourth-order valence-corrected chi connectivity index (χ4v) is 5.02. The van der Waals surface area contributed by atoms with Gasteiger partial charge in [-0.1, -0.05) is 45.0 Å². The highest BCUT2D eigenvalue weighted by atomic mass is 16.6. The molecule has 0 spiro atoms. The lowest BCUT2D eigenvalue weighted by molar-refractivity contribution is -0.384. The topological polar surface area (TPSA) is 112 Å². The highest BCUT2D eigenvalue weighted by Gasteiger charge is 2.28. The van der Waals surface area contributed by atoms with Gasteiger partial charge in [0.1, 0.15) is 0 Å². The maximum absolute atomic E-state index is 11.3. The van der Waals surface area contributed by atoms with Gasteiger partial charge in [0.2, 0.25) is 0 Å². The first-order valence-corrected chi connectivity index (χ1v) is 11.9. The van der Waals surface area contributed by atoms with Crippen LogP contribution in [0.25, 0.3) is 17.0 Å². The van der Waals surface area contributed by atoms with Crippen molar-refractivity contribution in [2.75, 3.05) is 13.1 Å². The Kier molecular flexibility index (Phi) is 7.05. The summed E-state index contributed by atoms with van der Waals surface area (Å²) in [5, 5.41) is 20.9. The maximum atomic E-state index is 11.3. The number of H-pyrrole nitrogens is 1. The molecular formula is C27H32N4O4. The van der Waals surface area contributed by atoms with Gasteiger partial charge in [0.05, 0.1) is 10.4 Å². The molecule has 1 aliphatic rings. The number of fused-ring (bicyclic) bond motifs is 1. The number of hydroxylamine groups is 1. The second kappa shape index (κ2) is 10.0. The predicted octanol–water partition coefficient (Wildman–Crippen LogP) is 5.27. The lowest BCUT2D eigenvalue weighted by atomic mass is 9.88. The van der Waals surface area contributed by atoms with Crippen molar-refractivity contribution >= 4 is 28.6 Å². The largest absolute Gasteiger partial charge is 0.358 e. The zero-order valence-corrected chi connectivity index (χ0v) is 20.4. The highest BCUT2D eigenvalue weighted by Crippen LogP contribution is 2.36. The van der Waals surface area contributed by atoms with Crippen LogP contribution in [0, 0.1) is 10.1 Å². The van der Waals surface area contributed by atoms with Crippen LogP contribution in [-0.2, 0) is 16.6 Å². The molecule has 4 rings (SSSR count). The summed E-state index contributed by atoms with van der Waals surface area (Å²) in [5.41, 5.74) is 6.90. The van der Waals surface area contributed by atoms with E-state index in [2.05, 4.69) is 42.8 Å². The predicted molar refractivity (Wildman–Crippen MR) is 136 cm³/mol. The lowest BCUT2D eigenvalue weighted by Gasteiger charge is -2.26. The molecule has 1 aromatic heterocycles. The van der Waals surface area contributed by atoms with Gasteiger partial charge in [0.25, 0.3) is 11.6 Å². The third-order valence-corrected chi connectivity index (χ3v) is 6.72. The Labute approximate surface area is 204 Å². The van der Waals surface area contributed by atoms with Crippen molar-refractivity contribution in [2.24, 2.45) is 0 Å². The number of nitrogens with one attached hydrogen (secondary N) is 2. The number of likely N-dealkylation sites (tertiary alicyclic amines) is 1. The van der Waals surface area contributed by atoms with Crippen LogP contribution in [0.3, 0.4) is 0 Å². The molecule has 2 aromatic carbocycles. The van der Waals surface area contributed by atoms with Crippen LogP contribution in [0.4, 0.5) is 5.69 Å². The summed E-state index contributed by atoms with van der Waals surface area (Å²) in [6.07, 6.45) is 6.04. The summed E-state index contributed by atoms with van der Waals surface area (Å²) < 4.78 is 0. The quantitative estimate of drug-likeness (QED) is 0.186. The van der Waals surface area contributed by atoms with E-state index in [0.29, 0.717) is 6.04 Å². The number of carbonyl (C=O) groups excluding carboxylic acids is 1. The number of aromatic nitrogens is 1. The summed E-state index contributed by atoms with van der Waals surface area (Å²) in [6.45, 7) is 8.41. The summed E-state index contributed by atoms with van der Waals surface area (Å²) in [4.78, 5) is 28.1. The van der Waals surface area contributed by atoms with Gasteiger partial charge in [-0.3, -0.25) is 25.0 Å². The number of rotatable bonds is 7. The third kappa shape index (κ3) is 5.44. The molecule has 3 aromatic rings. The average Bonchev–Trinajstić information content (AvgIpc) is 3.45. The third-order valence-electron chi connectivity index (χ3n) is 6.72. The van der Waals surface area contributed by atoms with Crippen molar-refractivity contribution in [3.63, 3.8) is 0 Å². The van der Waals surface area contributed by atoms with E-state index in [1.807, 2.05) is 18.2 Å². The number of benzene rings is 2. The fraction of sp³-hybridized carbons (Fsp3) is 0.370. The zero-order chi connectivity index (χ0) is 25.2. The molecule has 1 saturated heterocycles. The van der Waals surface area contributed by atoms with Gasteiger partial charge in [-0.2, -0.15) is 0 Å². The smallest absolute Gasteiger partial charge is 0.271 e.